The second-order valence-corrected chi connectivity index (χ2v) is 7.09. The van der Waals surface area contributed by atoms with Crippen molar-refractivity contribution in [3.8, 4) is 11.5 Å². The van der Waals surface area contributed by atoms with Crippen molar-refractivity contribution in [3.05, 3.63) is 70.2 Å². The maximum atomic E-state index is 12.4. The van der Waals surface area contributed by atoms with E-state index < -0.39 is 0 Å². The number of amides is 1. The highest BCUT2D eigenvalue weighted by atomic mass is 79.9. The molecule has 0 aliphatic rings. The predicted molar refractivity (Wildman–Crippen MR) is 115 cm³/mol. The van der Waals surface area contributed by atoms with Crippen LogP contribution in [0.5, 0.6) is 11.5 Å². The molecule has 0 heterocycles. The maximum Gasteiger partial charge on any atom is 0.244 e. The number of nitrogens with one attached hydrogen (secondary N) is 1. The lowest BCUT2D eigenvalue weighted by Gasteiger charge is -2.10. The van der Waals surface area contributed by atoms with Crippen LogP contribution in [0.2, 0.25) is 0 Å². The first-order valence-electron chi connectivity index (χ1n) is 8.75. The number of methoxy groups -OCH3 is 2. The molecule has 0 spiro atoms. The Bertz CT molecular complexity index is 1050. The molecule has 3 aromatic rings. The summed E-state index contributed by atoms with van der Waals surface area (Å²) in [5.41, 5.74) is 5.11. The minimum absolute atomic E-state index is 0.174. The van der Waals surface area contributed by atoms with Gasteiger partial charge in [0.25, 0.3) is 0 Å². The van der Waals surface area contributed by atoms with Crippen LogP contribution in [0.15, 0.2) is 64.2 Å². The zero-order valence-corrected chi connectivity index (χ0v) is 17.5. The molecular weight excluding hydrogens is 420 g/mol. The van der Waals surface area contributed by atoms with E-state index in [1.807, 2.05) is 61.5 Å². The zero-order chi connectivity index (χ0) is 20.1. The van der Waals surface area contributed by atoms with Crippen molar-refractivity contribution in [1.82, 2.24) is 5.43 Å². The van der Waals surface area contributed by atoms with E-state index >= 15 is 0 Å². The third-order valence-corrected chi connectivity index (χ3v) is 5.15. The summed E-state index contributed by atoms with van der Waals surface area (Å²) in [6.07, 6.45) is 0.247. The quantitative estimate of drug-likeness (QED) is 0.446. The minimum Gasteiger partial charge on any atom is -0.493 e. The number of hydrazone groups is 1. The molecule has 5 nitrogen and oxygen atoms in total. The molecule has 0 aliphatic heterocycles. The summed E-state index contributed by atoms with van der Waals surface area (Å²) in [5, 5.41) is 6.36. The molecule has 6 heteroatoms. The zero-order valence-electron chi connectivity index (χ0n) is 16.0. The summed E-state index contributed by atoms with van der Waals surface area (Å²) in [7, 11) is 3.17. The summed E-state index contributed by atoms with van der Waals surface area (Å²) >= 11 is 3.55. The lowest BCUT2D eigenvalue weighted by molar-refractivity contribution is -0.120. The average molecular weight is 441 g/mol. The normalized spacial score (nSPS) is 11.4. The Hall–Kier alpha value is -2.86. The molecule has 0 aromatic heterocycles. The highest BCUT2D eigenvalue weighted by Gasteiger charge is 2.10. The van der Waals surface area contributed by atoms with Crippen LogP contribution in [0.1, 0.15) is 18.1 Å². The Balaban J connectivity index is 1.74. The number of fused-ring (bicyclic) bond motifs is 1. The van der Waals surface area contributed by atoms with Gasteiger partial charge in [0.1, 0.15) is 0 Å². The average Bonchev–Trinajstić information content (AvgIpc) is 2.73. The molecular formula is C22H21BrN2O3. The van der Waals surface area contributed by atoms with Gasteiger partial charge in [-0.25, -0.2) is 5.43 Å². The highest BCUT2D eigenvalue weighted by molar-refractivity contribution is 9.10. The fraction of sp³-hybridized carbons (Fsp3) is 0.182. The number of ether oxygens (including phenoxy) is 2. The predicted octanol–water partition coefficient (Wildman–Crippen LogP) is 4.70. The Kier molecular flexibility index (Phi) is 6.31. The molecule has 28 heavy (non-hydrogen) atoms. The van der Waals surface area contributed by atoms with Crippen LogP contribution in [0.25, 0.3) is 10.8 Å². The first-order valence-corrected chi connectivity index (χ1v) is 9.54. The van der Waals surface area contributed by atoms with Crippen LogP contribution in [-0.4, -0.2) is 25.8 Å². The summed E-state index contributed by atoms with van der Waals surface area (Å²) in [6, 6.07) is 17.4. The minimum atomic E-state index is -0.174. The van der Waals surface area contributed by atoms with Gasteiger partial charge < -0.3 is 9.47 Å². The summed E-state index contributed by atoms with van der Waals surface area (Å²) < 4.78 is 11.6. The third-order valence-electron chi connectivity index (χ3n) is 4.46. The molecule has 1 amide bonds. The van der Waals surface area contributed by atoms with E-state index in [0.29, 0.717) is 17.2 Å². The van der Waals surface area contributed by atoms with E-state index in [1.54, 1.807) is 14.2 Å². The maximum absolute atomic E-state index is 12.4. The largest absolute Gasteiger partial charge is 0.493 e. The van der Waals surface area contributed by atoms with Gasteiger partial charge in [0.05, 0.1) is 26.4 Å². The molecule has 3 rings (SSSR count). The first kappa shape index (κ1) is 19.9. The Morgan fingerprint density at radius 3 is 2.43 bits per heavy atom. The van der Waals surface area contributed by atoms with Gasteiger partial charge in [-0.1, -0.05) is 46.3 Å². The second kappa shape index (κ2) is 8.89. The van der Waals surface area contributed by atoms with Crippen molar-refractivity contribution >= 4 is 38.3 Å². The van der Waals surface area contributed by atoms with Crippen molar-refractivity contribution in [2.45, 2.75) is 13.3 Å². The number of hydrogen-bond donors (Lipinski definition) is 1. The number of benzene rings is 3. The van der Waals surface area contributed by atoms with E-state index in [0.717, 1.165) is 26.4 Å². The molecule has 0 saturated carbocycles. The lowest BCUT2D eigenvalue weighted by Crippen LogP contribution is -2.21. The Morgan fingerprint density at radius 2 is 1.71 bits per heavy atom. The molecule has 144 valence electrons. The number of nitrogens with zero attached hydrogens (tertiary/aromatic N) is 1. The molecule has 0 unspecified atom stereocenters. The highest BCUT2D eigenvalue weighted by Crippen LogP contribution is 2.28. The van der Waals surface area contributed by atoms with E-state index in [1.165, 1.54) is 0 Å². The molecule has 3 aromatic carbocycles. The number of carbonyl (C=O) groups excluding carboxylic acids is 1. The van der Waals surface area contributed by atoms with Crippen molar-refractivity contribution < 1.29 is 14.3 Å². The smallest absolute Gasteiger partial charge is 0.244 e. The van der Waals surface area contributed by atoms with Gasteiger partial charge in [-0.05, 0) is 47.5 Å². The molecule has 1 N–H and O–H groups in total. The van der Waals surface area contributed by atoms with Gasteiger partial charge in [0, 0.05) is 10.0 Å². The summed E-state index contributed by atoms with van der Waals surface area (Å²) in [5.74, 6) is 1.08. The van der Waals surface area contributed by atoms with Gasteiger partial charge in [0.2, 0.25) is 5.91 Å². The number of hydrogen-bond acceptors (Lipinski definition) is 4. The van der Waals surface area contributed by atoms with Crippen molar-refractivity contribution in [1.29, 1.82) is 0 Å². The summed E-state index contributed by atoms with van der Waals surface area (Å²) in [6.45, 7) is 1.83. The van der Waals surface area contributed by atoms with Crippen LogP contribution >= 0.6 is 15.9 Å². The van der Waals surface area contributed by atoms with E-state index in [4.69, 9.17) is 9.47 Å². The van der Waals surface area contributed by atoms with Gasteiger partial charge in [-0.2, -0.15) is 5.10 Å². The molecule has 0 aliphatic carbocycles. The molecule has 0 bridgehead atoms. The van der Waals surface area contributed by atoms with Crippen molar-refractivity contribution in [3.63, 3.8) is 0 Å². The topological polar surface area (TPSA) is 59.9 Å². The van der Waals surface area contributed by atoms with Crippen molar-refractivity contribution in [2.24, 2.45) is 5.10 Å². The van der Waals surface area contributed by atoms with Crippen LogP contribution < -0.4 is 14.9 Å². The molecule has 0 saturated heterocycles. The van der Waals surface area contributed by atoms with E-state index in [-0.39, 0.29) is 12.3 Å². The second-order valence-electron chi connectivity index (χ2n) is 6.23. The fourth-order valence-electron chi connectivity index (χ4n) is 2.96. The van der Waals surface area contributed by atoms with Crippen LogP contribution in [0.3, 0.4) is 0 Å². The van der Waals surface area contributed by atoms with Crippen LogP contribution in [0, 0.1) is 0 Å². The van der Waals surface area contributed by atoms with Crippen LogP contribution in [-0.2, 0) is 11.2 Å². The van der Waals surface area contributed by atoms with Crippen molar-refractivity contribution in [2.75, 3.05) is 14.2 Å². The van der Waals surface area contributed by atoms with Gasteiger partial charge in [-0.3, -0.25) is 4.79 Å². The lowest BCUT2D eigenvalue weighted by atomic mass is 10.0. The first-order chi connectivity index (χ1) is 13.5. The molecule has 0 fully saturated rings. The van der Waals surface area contributed by atoms with Crippen LogP contribution in [0.4, 0.5) is 0 Å². The molecule has 0 radical (unpaired) electrons. The van der Waals surface area contributed by atoms with Gasteiger partial charge in [0.15, 0.2) is 11.5 Å². The third kappa shape index (κ3) is 4.34. The SMILES string of the molecule is COc1ccc(C(C)=NNC(=O)Cc2ccc(Br)c3ccccc23)cc1OC. The van der Waals surface area contributed by atoms with E-state index in [9.17, 15) is 4.79 Å². The summed E-state index contributed by atoms with van der Waals surface area (Å²) in [4.78, 5) is 12.4. The Labute approximate surface area is 172 Å². The number of carbonyl (C=O) groups is 1. The van der Waals surface area contributed by atoms with Gasteiger partial charge in [-0.15, -0.1) is 0 Å². The monoisotopic (exact) mass is 440 g/mol. The Morgan fingerprint density at radius 1 is 1.00 bits per heavy atom. The standard InChI is InChI=1S/C22H21BrN2O3/c1-14(15-9-11-20(27-2)21(12-15)28-3)24-25-22(26)13-16-8-10-19(23)18-7-5-4-6-17(16)18/h4-12H,13H2,1-3H3,(H,25,26). The van der Waals surface area contributed by atoms with Gasteiger partial charge >= 0.3 is 0 Å². The van der Waals surface area contributed by atoms with E-state index in [2.05, 4.69) is 26.5 Å². The number of halogens is 1. The fourth-order valence-corrected chi connectivity index (χ4v) is 3.44. The molecule has 0 atom stereocenters. The number of rotatable bonds is 6.